The van der Waals surface area contributed by atoms with E-state index in [2.05, 4.69) is 22.3 Å². The van der Waals surface area contributed by atoms with Crippen molar-refractivity contribution in [3.63, 3.8) is 0 Å². The van der Waals surface area contributed by atoms with E-state index in [1.54, 1.807) is 18.2 Å². The first kappa shape index (κ1) is 15.7. The van der Waals surface area contributed by atoms with Gasteiger partial charge in [-0.05, 0) is 37.1 Å². The van der Waals surface area contributed by atoms with Gasteiger partial charge in [0, 0.05) is 13.1 Å². The van der Waals surface area contributed by atoms with E-state index < -0.39 is 5.82 Å². The highest BCUT2D eigenvalue weighted by Gasteiger charge is 2.26. The van der Waals surface area contributed by atoms with Gasteiger partial charge in [-0.1, -0.05) is 42.5 Å². The van der Waals surface area contributed by atoms with Crippen molar-refractivity contribution in [1.29, 1.82) is 0 Å². The summed E-state index contributed by atoms with van der Waals surface area (Å²) in [4.78, 5) is 14.7. The van der Waals surface area contributed by atoms with Gasteiger partial charge in [0.05, 0.1) is 11.6 Å². The summed E-state index contributed by atoms with van der Waals surface area (Å²) in [6.45, 7) is 2.57. The smallest absolute Gasteiger partial charge is 0.228 e. The molecule has 1 N–H and O–H groups in total. The molecule has 0 saturated carbocycles. The van der Waals surface area contributed by atoms with Gasteiger partial charge in [-0.15, -0.1) is 0 Å². The fourth-order valence-corrected chi connectivity index (χ4v) is 3.05. The average molecular weight is 312 g/mol. The highest BCUT2D eigenvalue weighted by Crippen LogP contribution is 2.21. The third-order valence-electron chi connectivity index (χ3n) is 4.26. The van der Waals surface area contributed by atoms with Crippen LogP contribution in [-0.4, -0.2) is 23.9 Å². The van der Waals surface area contributed by atoms with Crippen LogP contribution in [0.25, 0.3) is 0 Å². The van der Waals surface area contributed by atoms with Crippen molar-refractivity contribution in [2.45, 2.75) is 19.4 Å². The summed E-state index contributed by atoms with van der Waals surface area (Å²) in [7, 11) is 0. The fourth-order valence-electron chi connectivity index (χ4n) is 3.05. The first-order valence-electron chi connectivity index (χ1n) is 8.04. The van der Waals surface area contributed by atoms with E-state index in [1.165, 1.54) is 11.6 Å². The van der Waals surface area contributed by atoms with E-state index in [4.69, 9.17) is 0 Å². The van der Waals surface area contributed by atoms with Crippen molar-refractivity contribution in [2.75, 3.05) is 18.4 Å². The molecule has 23 heavy (non-hydrogen) atoms. The van der Waals surface area contributed by atoms with Gasteiger partial charge in [0.1, 0.15) is 5.82 Å². The lowest BCUT2D eigenvalue weighted by Crippen LogP contribution is -2.40. The normalized spacial score (nSPS) is 18.6. The molecule has 0 aromatic heterocycles. The number of carbonyl (C=O) groups is 1. The summed E-state index contributed by atoms with van der Waals surface area (Å²) in [5, 5.41) is 2.72. The number of nitrogens with one attached hydrogen (secondary N) is 1. The van der Waals surface area contributed by atoms with E-state index in [1.807, 2.05) is 18.2 Å². The molecule has 2 aromatic carbocycles. The van der Waals surface area contributed by atoms with E-state index in [0.717, 1.165) is 32.5 Å². The van der Waals surface area contributed by atoms with Crippen molar-refractivity contribution in [3.05, 3.63) is 66.0 Å². The molecular formula is C19H21FN2O. The van der Waals surface area contributed by atoms with Gasteiger partial charge in [0.2, 0.25) is 5.91 Å². The lowest BCUT2D eigenvalue weighted by Gasteiger charge is -2.32. The number of piperidine rings is 1. The number of anilines is 1. The van der Waals surface area contributed by atoms with Crippen LogP contribution in [0.2, 0.25) is 0 Å². The molecule has 1 amide bonds. The van der Waals surface area contributed by atoms with Crippen LogP contribution in [0.5, 0.6) is 0 Å². The second-order valence-corrected chi connectivity index (χ2v) is 6.03. The summed E-state index contributed by atoms with van der Waals surface area (Å²) in [5.41, 5.74) is 1.51. The number of amides is 1. The van der Waals surface area contributed by atoms with Crippen molar-refractivity contribution in [3.8, 4) is 0 Å². The Morgan fingerprint density at radius 2 is 1.87 bits per heavy atom. The van der Waals surface area contributed by atoms with E-state index in [0.29, 0.717) is 0 Å². The summed E-state index contributed by atoms with van der Waals surface area (Å²) in [6.07, 6.45) is 1.84. The molecule has 0 bridgehead atoms. The molecule has 2 aromatic rings. The molecule has 1 atom stereocenters. The summed E-state index contributed by atoms with van der Waals surface area (Å²) >= 11 is 0. The zero-order valence-electron chi connectivity index (χ0n) is 13.0. The molecule has 3 rings (SSSR count). The van der Waals surface area contributed by atoms with Crippen LogP contribution in [0.15, 0.2) is 54.6 Å². The second-order valence-electron chi connectivity index (χ2n) is 6.03. The highest BCUT2D eigenvalue weighted by atomic mass is 19.1. The number of para-hydroxylation sites is 1. The average Bonchev–Trinajstić information content (AvgIpc) is 2.58. The van der Waals surface area contributed by atoms with Crippen molar-refractivity contribution < 1.29 is 9.18 Å². The Kier molecular flexibility index (Phi) is 5.03. The minimum absolute atomic E-state index is 0.0899. The molecule has 1 aliphatic heterocycles. The Morgan fingerprint density at radius 3 is 2.65 bits per heavy atom. The van der Waals surface area contributed by atoms with Gasteiger partial charge in [-0.3, -0.25) is 9.69 Å². The quantitative estimate of drug-likeness (QED) is 0.934. The van der Waals surface area contributed by atoms with Gasteiger partial charge in [-0.25, -0.2) is 4.39 Å². The molecule has 1 saturated heterocycles. The maximum atomic E-state index is 13.7. The molecule has 1 unspecified atom stereocenters. The topological polar surface area (TPSA) is 32.3 Å². The number of nitrogens with zero attached hydrogens (tertiary/aromatic N) is 1. The molecule has 1 fully saturated rings. The highest BCUT2D eigenvalue weighted by molar-refractivity contribution is 5.92. The third kappa shape index (κ3) is 4.17. The molecular weight excluding hydrogens is 291 g/mol. The number of hydrogen-bond donors (Lipinski definition) is 1. The summed E-state index contributed by atoms with van der Waals surface area (Å²) < 4.78 is 13.7. The number of likely N-dealkylation sites (tertiary alicyclic amines) is 1. The standard InChI is InChI=1S/C19H21FN2O/c20-17-10-4-5-11-18(17)21-19(23)16-9-6-12-22(14-16)13-15-7-2-1-3-8-15/h1-5,7-8,10-11,16H,6,9,12-14H2,(H,21,23). The lowest BCUT2D eigenvalue weighted by molar-refractivity contribution is -0.121. The maximum Gasteiger partial charge on any atom is 0.228 e. The fraction of sp³-hybridized carbons (Fsp3) is 0.316. The van der Waals surface area contributed by atoms with Crippen LogP contribution in [0.3, 0.4) is 0 Å². The number of hydrogen-bond acceptors (Lipinski definition) is 2. The van der Waals surface area contributed by atoms with Gasteiger partial charge < -0.3 is 5.32 Å². The maximum absolute atomic E-state index is 13.7. The van der Waals surface area contributed by atoms with Crippen LogP contribution in [-0.2, 0) is 11.3 Å². The Hall–Kier alpha value is -2.20. The van der Waals surface area contributed by atoms with Crippen molar-refractivity contribution >= 4 is 11.6 Å². The Labute approximate surface area is 136 Å². The molecule has 3 nitrogen and oxygen atoms in total. The zero-order valence-corrected chi connectivity index (χ0v) is 13.0. The largest absolute Gasteiger partial charge is 0.323 e. The minimum atomic E-state index is -0.391. The third-order valence-corrected chi connectivity index (χ3v) is 4.26. The van der Waals surface area contributed by atoms with Gasteiger partial charge in [0.15, 0.2) is 0 Å². The van der Waals surface area contributed by atoms with Gasteiger partial charge in [0.25, 0.3) is 0 Å². The van der Waals surface area contributed by atoms with Gasteiger partial charge >= 0.3 is 0 Å². The predicted molar refractivity (Wildman–Crippen MR) is 89.5 cm³/mol. The molecule has 0 radical (unpaired) electrons. The first-order valence-corrected chi connectivity index (χ1v) is 8.04. The van der Waals surface area contributed by atoms with Gasteiger partial charge in [-0.2, -0.15) is 0 Å². The number of carbonyl (C=O) groups excluding carboxylic acids is 1. The predicted octanol–water partition coefficient (Wildman–Crippen LogP) is 3.68. The second kappa shape index (κ2) is 7.38. The monoisotopic (exact) mass is 312 g/mol. The van der Waals surface area contributed by atoms with Crippen molar-refractivity contribution in [1.82, 2.24) is 4.90 Å². The van der Waals surface area contributed by atoms with Crippen LogP contribution >= 0.6 is 0 Å². The Bertz CT molecular complexity index is 659. The molecule has 0 spiro atoms. The van der Waals surface area contributed by atoms with E-state index in [-0.39, 0.29) is 17.5 Å². The minimum Gasteiger partial charge on any atom is -0.323 e. The van der Waals surface area contributed by atoms with Crippen LogP contribution in [0.1, 0.15) is 18.4 Å². The van der Waals surface area contributed by atoms with Crippen molar-refractivity contribution in [2.24, 2.45) is 5.92 Å². The Balaban J connectivity index is 1.59. The first-order chi connectivity index (χ1) is 11.2. The molecule has 120 valence electrons. The molecule has 1 heterocycles. The van der Waals surface area contributed by atoms with E-state index >= 15 is 0 Å². The Morgan fingerprint density at radius 1 is 1.13 bits per heavy atom. The SMILES string of the molecule is O=C(Nc1ccccc1F)C1CCCN(Cc2ccccc2)C1. The van der Waals surface area contributed by atoms with Crippen LogP contribution in [0.4, 0.5) is 10.1 Å². The van der Waals surface area contributed by atoms with Crippen LogP contribution < -0.4 is 5.32 Å². The number of rotatable bonds is 4. The number of benzene rings is 2. The summed E-state index contributed by atoms with van der Waals surface area (Å²) in [6, 6.07) is 16.6. The summed E-state index contributed by atoms with van der Waals surface area (Å²) in [5.74, 6) is -0.572. The molecule has 0 aliphatic carbocycles. The zero-order chi connectivity index (χ0) is 16.1. The lowest BCUT2D eigenvalue weighted by atomic mass is 9.96. The van der Waals surface area contributed by atoms with E-state index in [9.17, 15) is 9.18 Å². The molecule has 1 aliphatic rings. The van der Waals surface area contributed by atoms with Crippen LogP contribution in [0, 0.1) is 11.7 Å². The number of halogens is 1. The molecule has 4 heteroatoms.